The Morgan fingerprint density at radius 1 is 0.433 bits per heavy atom. The fourth-order valence-electron chi connectivity index (χ4n) is 4.05. The van der Waals surface area contributed by atoms with Crippen molar-refractivity contribution in [2.45, 2.75) is 150 Å². The number of ether oxygens (including phenoxy) is 3. The van der Waals surface area contributed by atoms with E-state index in [1.165, 1.54) is 77.0 Å². The van der Waals surface area contributed by atoms with Gasteiger partial charge in [0, 0.05) is 5.92 Å². The summed E-state index contributed by atoms with van der Waals surface area (Å²) in [6, 6.07) is 0. The Kier molecular flexibility index (Phi) is 22.0. The van der Waals surface area contributed by atoms with Gasteiger partial charge in [0.1, 0.15) is 0 Å². The first-order valence-electron chi connectivity index (χ1n) is 13.6. The lowest BCUT2D eigenvalue weighted by molar-refractivity contribution is -0.406. The van der Waals surface area contributed by atoms with Gasteiger partial charge in [0.15, 0.2) is 0 Å². The van der Waals surface area contributed by atoms with Crippen LogP contribution in [0.4, 0.5) is 0 Å². The van der Waals surface area contributed by atoms with Crippen LogP contribution in [0, 0.1) is 5.92 Å². The topological polar surface area (TPSA) is 27.7 Å². The molecule has 0 saturated carbocycles. The summed E-state index contributed by atoms with van der Waals surface area (Å²) in [4.78, 5) is 0. The van der Waals surface area contributed by atoms with Crippen molar-refractivity contribution in [3.63, 3.8) is 0 Å². The van der Waals surface area contributed by atoms with Gasteiger partial charge in [0.05, 0.1) is 19.8 Å². The highest BCUT2D eigenvalue weighted by Crippen LogP contribution is 2.35. The van der Waals surface area contributed by atoms with E-state index in [0.717, 1.165) is 32.1 Å². The molecular weight excluding hydrogens is 372 g/mol. The number of hydrogen-bond acceptors (Lipinski definition) is 3. The van der Waals surface area contributed by atoms with Crippen molar-refractivity contribution in [1.82, 2.24) is 0 Å². The molecule has 0 heterocycles. The maximum absolute atomic E-state index is 6.39. The van der Waals surface area contributed by atoms with Crippen LogP contribution in [0.25, 0.3) is 0 Å². The molecular formula is C27H56O3. The fraction of sp³-hybridized carbons (Fsp3) is 1.00. The molecule has 0 unspecified atom stereocenters. The van der Waals surface area contributed by atoms with Gasteiger partial charge in [-0.3, -0.25) is 0 Å². The highest BCUT2D eigenvalue weighted by atomic mass is 16.9. The first-order valence-corrected chi connectivity index (χ1v) is 13.6. The zero-order valence-electron chi connectivity index (χ0n) is 21.4. The molecule has 0 fully saturated rings. The summed E-state index contributed by atoms with van der Waals surface area (Å²) < 4.78 is 19.2. The van der Waals surface area contributed by atoms with Crippen LogP contribution in [-0.2, 0) is 14.2 Å². The van der Waals surface area contributed by atoms with Gasteiger partial charge in [0.2, 0.25) is 0 Å². The summed E-state index contributed by atoms with van der Waals surface area (Å²) >= 11 is 0. The monoisotopic (exact) mass is 428 g/mol. The first kappa shape index (κ1) is 29.9. The predicted octanol–water partition coefficient (Wildman–Crippen LogP) is 9.04. The standard InChI is InChI=1S/C27H56O3/c1-6-11-13-15-17-19-21-26(22-20-18-16-14-12-7-2)27(28-23-8-3,29-24-9-4)30-25-10-5/h26H,6-25H2,1-5H3. The van der Waals surface area contributed by atoms with E-state index in [1.807, 2.05) is 0 Å². The molecule has 182 valence electrons. The number of hydrogen-bond donors (Lipinski definition) is 0. The van der Waals surface area contributed by atoms with Crippen LogP contribution in [0.15, 0.2) is 0 Å². The minimum absolute atomic E-state index is 0.333. The zero-order chi connectivity index (χ0) is 22.3. The molecule has 0 aromatic heterocycles. The third-order valence-corrected chi connectivity index (χ3v) is 5.83. The summed E-state index contributed by atoms with van der Waals surface area (Å²) in [5.74, 6) is -0.506. The second-order valence-electron chi connectivity index (χ2n) is 8.96. The highest BCUT2D eigenvalue weighted by Gasteiger charge is 2.41. The summed E-state index contributed by atoms with van der Waals surface area (Å²) in [5, 5.41) is 0. The molecule has 30 heavy (non-hydrogen) atoms. The summed E-state index contributed by atoms with van der Waals surface area (Å²) in [5.41, 5.74) is 0. The van der Waals surface area contributed by atoms with Gasteiger partial charge in [-0.1, -0.05) is 112 Å². The molecule has 0 radical (unpaired) electrons. The molecule has 3 nitrogen and oxygen atoms in total. The highest BCUT2D eigenvalue weighted by molar-refractivity contribution is 4.74. The largest absolute Gasteiger partial charge is 0.327 e. The molecule has 0 N–H and O–H groups in total. The molecule has 0 aliphatic rings. The normalized spacial score (nSPS) is 12.2. The molecule has 0 aliphatic heterocycles. The summed E-state index contributed by atoms with van der Waals surface area (Å²) in [6.07, 6.45) is 21.2. The van der Waals surface area contributed by atoms with E-state index in [4.69, 9.17) is 14.2 Å². The van der Waals surface area contributed by atoms with Crippen LogP contribution in [0.3, 0.4) is 0 Å². The smallest absolute Gasteiger partial charge is 0.285 e. The third-order valence-electron chi connectivity index (χ3n) is 5.83. The Hall–Kier alpha value is -0.120. The Morgan fingerprint density at radius 2 is 0.767 bits per heavy atom. The molecule has 0 bridgehead atoms. The van der Waals surface area contributed by atoms with Gasteiger partial charge in [0.25, 0.3) is 5.97 Å². The van der Waals surface area contributed by atoms with E-state index in [-0.39, 0.29) is 0 Å². The Labute approximate surface area is 190 Å². The number of unbranched alkanes of at least 4 members (excludes halogenated alkanes) is 10. The molecule has 0 atom stereocenters. The van der Waals surface area contributed by atoms with Crippen LogP contribution < -0.4 is 0 Å². The maximum atomic E-state index is 6.39. The maximum Gasteiger partial charge on any atom is 0.285 e. The van der Waals surface area contributed by atoms with E-state index in [2.05, 4.69) is 34.6 Å². The average Bonchev–Trinajstić information content (AvgIpc) is 2.77. The lowest BCUT2D eigenvalue weighted by Crippen LogP contribution is -2.47. The van der Waals surface area contributed by atoms with Gasteiger partial charge < -0.3 is 14.2 Å². The Morgan fingerprint density at radius 3 is 1.10 bits per heavy atom. The SMILES string of the molecule is CCCCCCCCC(CCCCCCCC)C(OCCC)(OCCC)OCCC. The molecule has 0 rings (SSSR count). The molecule has 0 aliphatic carbocycles. The lowest BCUT2D eigenvalue weighted by atomic mass is 9.91. The van der Waals surface area contributed by atoms with E-state index in [0.29, 0.717) is 25.7 Å². The summed E-state index contributed by atoms with van der Waals surface area (Å²) in [6.45, 7) is 13.2. The van der Waals surface area contributed by atoms with E-state index in [9.17, 15) is 0 Å². The van der Waals surface area contributed by atoms with Gasteiger partial charge >= 0.3 is 0 Å². The predicted molar refractivity (Wildman–Crippen MR) is 131 cm³/mol. The van der Waals surface area contributed by atoms with Crippen molar-refractivity contribution in [3.8, 4) is 0 Å². The third kappa shape index (κ3) is 14.8. The van der Waals surface area contributed by atoms with Crippen molar-refractivity contribution in [2.75, 3.05) is 19.8 Å². The fourth-order valence-corrected chi connectivity index (χ4v) is 4.05. The molecule has 3 heteroatoms. The van der Waals surface area contributed by atoms with E-state index >= 15 is 0 Å². The molecule has 0 aromatic rings. The van der Waals surface area contributed by atoms with Crippen LogP contribution in [0.2, 0.25) is 0 Å². The second kappa shape index (κ2) is 22.1. The van der Waals surface area contributed by atoms with Crippen molar-refractivity contribution >= 4 is 0 Å². The molecule has 0 amide bonds. The van der Waals surface area contributed by atoms with Crippen molar-refractivity contribution in [3.05, 3.63) is 0 Å². The zero-order valence-corrected chi connectivity index (χ0v) is 21.4. The minimum atomic E-state index is -0.838. The molecule has 0 saturated heterocycles. The molecule has 0 aromatic carbocycles. The van der Waals surface area contributed by atoms with Gasteiger partial charge in [-0.25, -0.2) is 0 Å². The van der Waals surface area contributed by atoms with Crippen molar-refractivity contribution in [1.29, 1.82) is 0 Å². The van der Waals surface area contributed by atoms with E-state index < -0.39 is 5.97 Å². The quantitative estimate of drug-likeness (QED) is 0.113. The van der Waals surface area contributed by atoms with Gasteiger partial charge in [-0.05, 0) is 32.1 Å². The van der Waals surface area contributed by atoms with Gasteiger partial charge in [-0.2, -0.15) is 0 Å². The van der Waals surface area contributed by atoms with Crippen LogP contribution in [0.1, 0.15) is 144 Å². The van der Waals surface area contributed by atoms with Crippen LogP contribution in [-0.4, -0.2) is 25.8 Å². The van der Waals surface area contributed by atoms with Crippen molar-refractivity contribution < 1.29 is 14.2 Å². The van der Waals surface area contributed by atoms with Crippen LogP contribution in [0.5, 0.6) is 0 Å². The van der Waals surface area contributed by atoms with Crippen LogP contribution >= 0.6 is 0 Å². The molecule has 0 spiro atoms. The Bertz CT molecular complexity index is 294. The van der Waals surface area contributed by atoms with Crippen molar-refractivity contribution in [2.24, 2.45) is 5.92 Å². The lowest BCUT2D eigenvalue weighted by Gasteiger charge is -2.40. The van der Waals surface area contributed by atoms with E-state index in [1.54, 1.807) is 0 Å². The minimum Gasteiger partial charge on any atom is -0.327 e. The Balaban J connectivity index is 5.04. The average molecular weight is 429 g/mol. The number of rotatable bonds is 24. The summed E-state index contributed by atoms with van der Waals surface area (Å²) in [7, 11) is 0. The first-order chi connectivity index (χ1) is 14.7. The van der Waals surface area contributed by atoms with Gasteiger partial charge in [-0.15, -0.1) is 0 Å². The second-order valence-corrected chi connectivity index (χ2v) is 8.96.